The quantitative estimate of drug-likeness (QED) is 0.913. The Balaban J connectivity index is 2.14. The lowest BCUT2D eigenvalue weighted by atomic mass is 9.82. The Morgan fingerprint density at radius 2 is 1.95 bits per heavy atom. The van der Waals surface area contributed by atoms with Crippen molar-refractivity contribution in [3.8, 4) is 0 Å². The Morgan fingerprint density at radius 1 is 1.26 bits per heavy atom. The molecule has 0 fully saturated rings. The standard InChI is InChI=1S/C15H19FN2O/c1-15(2,3)14(11-4-6-12(16)7-5-11)18-9-13-8-17-10-19-13/h4-8,10,14,18H,9H2,1-3H3. The second-order valence-corrected chi connectivity index (χ2v) is 5.70. The molecule has 1 atom stereocenters. The van der Waals surface area contributed by atoms with Gasteiger partial charge in [0.15, 0.2) is 6.39 Å². The van der Waals surface area contributed by atoms with Crippen molar-refractivity contribution in [3.63, 3.8) is 0 Å². The number of hydrogen-bond donors (Lipinski definition) is 1. The highest BCUT2D eigenvalue weighted by Crippen LogP contribution is 2.33. The summed E-state index contributed by atoms with van der Waals surface area (Å²) in [6.07, 6.45) is 3.11. The molecule has 1 N–H and O–H groups in total. The molecule has 19 heavy (non-hydrogen) atoms. The normalized spacial score (nSPS) is 13.5. The second kappa shape index (κ2) is 5.53. The number of nitrogens with one attached hydrogen (secondary N) is 1. The van der Waals surface area contributed by atoms with Crippen LogP contribution in [-0.4, -0.2) is 4.98 Å². The highest BCUT2D eigenvalue weighted by atomic mass is 19.1. The van der Waals surface area contributed by atoms with Crippen LogP contribution in [0.5, 0.6) is 0 Å². The second-order valence-electron chi connectivity index (χ2n) is 5.70. The molecule has 1 unspecified atom stereocenters. The van der Waals surface area contributed by atoms with Gasteiger partial charge < -0.3 is 9.73 Å². The molecule has 0 radical (unpaired) electrons. The molecule has 3 nitrogen and oxygen atoms in total. The summed E-state index contributed by atoms with van der Waals surface area (Å²) in [5.74, 6) is 0.572. The third kappa shape index (κ3) is 3.64. The predicted octanol–water partition coefficient (Wildman–Crippen LogP) is 3.69. The zero-order chi connectivity index (χ0) is 13.9. The van der Waals surface area contributed by atoms with E-state index in [1.165, 1.54) is 18.5 Å². The van der Waals surface area contributed by atoms with E-state index in [0.717, 1.165) is 11.3 Å². The molecule has 1 aromatic carbocycles. The number of nitrogens with zero attached hydrogens (tertiary/aromatic N) is 1. The van der Waals surface area contributed by atoms with Gasteiger partial charge in [0.05, 0.1) is 12.7 Å². The van der Waals surface area contributed by atoms with Crippen molar-refractivity contribution >= 4 is 0 Å². The molecule has 0 saturated carbocycles. The van der Waals surface area contributed by atoms with E-state index in [1.54, 1.807) is 6.20 Å². The third-order valence-electron chi connectivity index (χ3n) is 3.03. The number of hydrogen-bond acceptors (Lipinski definition) is 3. The molecule has 2 rings (SSSR count). The van der Waals surface area contributed by atoms with Gasteiger partial charge in [-0.2, -0.15) is 0 Å². The number of oxazole rings is 1. The maximum atomic E-state index is 13.0. The number of benzene rings is 1. The average Bonchev–Trinajstić information content (AvgIpc) is 2.83. The van der Waals surface area contributed by atoms with Gasteiger partial charge in [0.25, 0.3) is 0 Å². The fourth-order valence-electron chi connectivity index (χ4n) is 2.11. The van der Waals surface area contributed by atoms with E-state index >= 15 is 0 Å². The van der Waals surface area contributed by atoms with Crippen LogP contribution in [-0.2, 0) is 6.54 Å². The SMILES string of the molecule is CC(C)(C)C(NCc1cnco1)c1ccc(F)cc1. The summed E-state index contributed by atoms with van der Waals surface area (Å²) in [4.78, 5) is 3.89. The van der Waals surface area contributed by atoms with E-state index in [1.807, 2.05) is 12.1 Å². The van der Waals surface area contributed by atoms with Crippen LogP contribution >= 0.6 is 0 Å². The lowest BCUT2D eigenvalue weighted by Gasteiger charge is -2.32. The molecule has 0 bridgehead atoms. The minimum atomic E-state index is -0.216. The van der Waals surface area contributed by atoms with E-state index < -0.39 is 0 Å². The molecule has 4 heteroatoms. The fourth-order valence-corrected chi connectivity index (χ4v) is 2.11. The molecule has 0 aliphatic rings. The number of rotatable bonds is 4. The van der Waals surface area contributed by atoms with Crippen LogP contribution in [0.3, 0.4) is 0 Å². The Kier molecular flexibility index (Phi) is 4.00. The van der Waals surface area contributed by atoms with Crippen molar-refractivity contribution in [2.45, 2.75) is 33.4 Å². The van der Waals surface area contributed by atoms with Gasteiger partial charge in [-0.15, -0.1) is 0 Å². The van der Waals surface area contributed by atoms with Crippen molar-refractivity contribution in [2.24, 2.45) is 5.41 Å². The first-order valence-corrected chi connectivity index (χ1v) is 6.33. The zero-order valence-corrected chi connectivity index (χ0v) is 11.5. The first-order chi connectivity index (χ1) is 8.97. The smallest absolute Gasteiger partial charge is 0.180 e. The minimum Gasteiger partial charge on any atom is -0.447 e. The van der Waals surface area contributed by atoms with E-state index in [2.05, 4.69) is 31.1 Å². The van der Waals surface area contributed by atoms with Gasteiger partial charge in [-0.1, -0.05) is 32.9 Å². The van der Waals surface area contributed by atoms with Crippen molar-refractivity contribution in [2.75, 3.05) is 0 Å². The summed E-state index contributed by atoms with van der Waals surface area (Å²) in [6.45, 7) is 7.04. The maximum Gasteiger partial charge on any atom is 0.180 e. The van der Waals surface area contributed by atoms with Crippen LogP contribution in [0.15, 0.2) is 41.3 Å². The summed E-state index contributed by atoms with van der Waals surface area (Å²) in [7, 11) is 0. The van der Waals surface area contributed by atoms with Gasteiger partial charge in [0.1, 0.15) is 11.6 Å². The summed E-state index contributed by atoms with van der Waals surface area (Å²) in [5.41, 5.74) is 1.08. The topological polar surface area (TPSA) is 38.1 Å². The van der Waals surface area contributed by atoms with E-state index in [-0.39, 0.29) is 17.3 Å². The summed E-state index contributed by atoms with van der Waals surface area (Å²) >= 11 is 0. The van der Waals surface area contributed by atoms with Crippen molar-refractivity contribution in [1.29, 1.82) is 0 Å². The maximum absolute atomic E-state index is 13.0. The molecular formula is C15H19FN2O. The molecule has 0 spiro atoms. The molecule has 0 saturated heterocycles. The van der Waals surface area contributed by atoms with Gasteiger partial charge in [0.2, 0.25) is 0 Å². The van der Waals surface area contributed by atoms with Gasteiger partial charge in [0, 0.05) is 6.04 Å². The fraction of sp³-hybridized carbons (Fsp3) is 0.400. The lowest BCUT2D eigenvalue weighted by molar-refractivity contribution is 0.264. The van der Waals surface area contributed by atoms with Crippen LogP contribution in [0, 0.1) is 11.2 Å². The number of halogens is 1. The third-order valence-corrected chi connectivity index (χ3v) is 3.03. The first-order valence-electron chi connectivity index (χ1n) is 6.33. The van der Waals surface area contributed by atoms with Gasteiger partial charge in [-0.3, -0.25) is 0 Å². The predicted molar refractivity (Wildman–Crippen MR) is 71.9 cm³/mol. The molecular weight excluding hydrogens is 243 g/mol. The molecule has 0 aliphatic carbocycles. The van der Waals surface area contributed by atoms with Crippen LogP contribution in [0.1, 0.15) is 38.1 Å². The van der Waals surface area contributed by atoms with Crippen molar-refractivity contribution in [3.05, 3.63) is 54.0 Å². The van der Waals surface area contributed by atoms with Crippen LogP contribution < -0.4 is 5.32 Å². The Hall–Kier alpha value is -1.68. The van der Waals surface area contributed by atoms with Gasteiger partial charge in [-0.05, 0) is 23.1 Å². The molecule has 2 aromatic rings. The van der Waals surface area contributed by atoms with Gasteiger partial charge >= 0.3 is 0 Å². The summed E-state index contributed by atoms with van der Waals surface area (Å²) in [5, 5.41) is 3.44. The largest absolute Gasteiger partial charge is 0.447 e. The van der Waals surface area contributed by atoms with Crippen LogP contribution in [0.2, 0.25) is 0 Å². The Morgan fingerprint density at radius 3 is 2.47 bits per heavy atom. The van der Waals surface area contributed by atoms with Crippen molar-refractivity contribution in [1.82, 2.24) is 10.3 Å². The molecule has 1 heterocycles. The van der Waals surface area contributed by atoms with E-state index in [4.69, 9.17) is 4.42 Å². The monoisotopic (exact) mass is 262 g/mol. The van der Waals surface area contributed by atoms with Crippen LogP contribution in [0.25, 0.3) is 0 Å². The molecule has 0 aliphatic heterocycles. The highest BCUT2D eigenvalue weighted by molar-refractivity contribution is 5.21. The Bertz CT molecular complexity index is 500. The molecule has 1 aromatic heterocycles. The molecule has 102 valence electrons. The van der Waals surface area contributed by atoms with Gasteiger partial charge in [-0.25, -0.2) is 9.37 Å². The first kappa shape index (κ1) is 13.7. The zero-order valence-electron chi connectivity index (χ0n) is 11.5. The van der Waals surface area contributed by atoms with E-state index in [0.29, 0.717) is 6.54 Å². The Labute approximate surface area is 112 Å². The summed E-state index contributed by atoms with van der Waals surface area (Å²) < 4.78 is 18.2. The summed E-state index contributed by atoms with van der Waals surface area (Å²) in [6, 6.07) is 6.73. The van der Waals surface area contributed by atoms with E-state index in [9.17, 15) is 4.39 Å². The highest BCUT2D eigenvalue weighted by Gasteiger charge is 2.26. The lowest BCUT2D eigenvalue weighted by Crippen LogP contribution is -2.31. The average molecular weight is 262 g/mol. The van der Waals surface area contributed by atoms with Crippen LogP contribution in [0.4, 0.5) is 4.39 Å². The molecule has 0 amide bonds. The minimum absolute atomic E-state index is 0.0118. The number of aromatic nitrogens is 1. The van der Waals surface area contributed by atoms with Crippen molar-refractivity contribution < 1.29 is 8.81 Å².